The highest BCUT2D eigenvalue weighted by atomic mass is 16.4. The number of carboxylic acid groups (broad SMARTS) is 1. The van der Waals surface area contributed by atoms with E-state index >= 15 is 0 Å². The van der Waals surface area contributed by atoms with Crippen LogP contribution in [0.25, 0.3) is 21.9 Å². The second-order valence-corrected chi connectivity index (χ2v) is 7.48. The molecule has 1 heterocycles. The van der Waals surface area contributed by atoms with Gasteiger partial charge in [0.05, 0.1) is 6.20 Å². The van der Waals surface area contributed by atoms with Gasteiger partial charge in [0, 0.05) is 22.4 Å². The van der Waals surface area contributed by atoms with Crippen molar-refractivity contribution >= 4 is 28.5 Å². The first-order valence-corrected chi connectivity index (χ1v) is 9.59. The van der Waals surface area contributed by atoms with Gasteiger partial charge < -0.3 is 15.7 Å². The van der Waals surface area contributed by atoms with Gasteiger partial charge in [-0.1, -0.05) is 12.1 Å². The minimum atomic E-state index is -0.961. The van der Waals surface area contributed by atoms with Crippen molar-refractivity contribution in [3.05, 3.63) is 53.7 Å². The van der Waals surface area contributed by atoms with E-state index in [0.717, 1.165) is 40.3 Å². The fourth-order valence-electron chi connectivity index (χ4n) is 3.20. The molecule has 0 radical (unpaired) electrons. The maximum atomic E-state index is 12.4. The third kappa shape index (κ3) is 4.03. The predicted molar refractivity (Wildman–Crippen MR) is 111 cm³/mol. The van der Waals surface area contributed by atoms with Gasteiger partial charge in [0.25, 0.3) is 5.91 Å². The van der Waals surface area contributed by atoms with Gasteiger partial charge in [0.15, 0.2) is 5.82 Å². The van der Waals surface area contributed by atoms with Crippen molar-refractivity contribution in [3.63, 3.8) is 0 Å². The molecule has 0 aliphatic heterocycles. The Bertz CT molecular complexity index is 1110. The standard InChI is InChI=1S/C22H22N4O3/c1-12-3-4-15(21(27)25-17-6-7-17)10-19(12)14-5-8-18-16(9-14)11-23-26-20(18)24-13(2)22(28)29/h3-5,8-11,13,17H,6-7H2,1-2H3,(H,24,26)(H,25,27)(H,28,29)/t13-/m0/s1. The second-order valence-electron chi connectivity index (χ2n) is 7.48. The van der Waals surface area contributed by atoms with E-state index in [9.17, 15) is 9.59 Å². The monoisotopic (exact) mass is 390 g/mol. The maximum Gasteiger partial charge on any atom is 0.325 e. The molecule has 0 spiro atoms. The molecule has 4 rings (SSSR count). The number of aromatic nitrogens is 2. The minimum absolute atomic E-state index is 0.0467. The Morgan fingerprint density at radius 2 is 1.97 bits per heavy atom. The van der Waals surface area contributed by atoms with Crippen LogP contribution in [0.1, 0.15) is 35.7 Å². The Hall–Kier alpha value is -3.48. The first-order valence-electron chi connectivity index (χ1n) is 9.59. The zero-order valence-electron chi connectivity index (χ0n) is 16.3. The smallest absolute Gasteiger partial charge is 0.325 e. The van der Waals surface area contributed by atoms with Gasteiger partial charge in [0.2, 0.25) is 0 Å². The fraction of sp³-hybridized carbons (Fsp3) is 0.273. The number of benzene rings is 2. The maximum absolute atomic E-state index is 12.4. The third-order valence-electron chi connectivity index (χ3n) is 5.11. The van der Waals surface area contributed by atoms with Gasteiger partial charge in [-0.3, -0.25) is 9.59 Å². The molecule has 1 amide bonds. The Labute approximate surface area is 168 Å². The van der Waals surface area contributed by atoms with Crippen molar-refractivity contribution < 1.29 is 14.7 Å². The van der Waals surface area contributed by atoms with E-state index in [4.69, 9.17) is 5.11 Å². The average molecular weight is 390 g/mol. The quantitative estimate of drug-likeness (QED) is 0.596. The Morgan fingerprint density at radius 1 is 1.17 bits per heavy atom. The average Bonchev–Trinajstić information content (AvgIpc) is 3.52. The molecule has 1 fully saturated rings. The summed E-state index contributed by atoms with van der Waals surface area (Å²) in [5.74, 6) is -0.579. The summed E-state index contributed by atoms with van der Waals surface area (Å²) in [6, 6.07) is 11.1. The molecule has 148 valence electrons. The molecule has 1 aromatic heterocycles. The molecule has 1 atom stereocenters. The van der Waals surface area contributed by atoms with Gasteiger partial charge in [-0.25, -0.2) is 0 Å². The number of hydrogen-bond acceptors (Lipinski definition) is 5. The summed E-state index contributed by atoms with van der Waals surface area (Å²) < 4.78 is 0. The first kappa shape index (κ1) is 18.9. The molecular weight excluding hydrogens is 368 g/mol. The number of carbonyl (C=O) groups excluding carboxylic acids is 1. The van der Waals surface area contributed by atoms with Crippen LogP contribution in [0.4, 0.5) is 5.82 Å². The van der Waals surface area contributed by atoms with Crippen LogP contribution in [0.3, 0.4) is 0 Å². The Kier molecular flexibility index (Phi) is 4.88. The Morgan fingerprint density at radius 3 is 2.69 bits per heavy atom. The number of anilines is 1. The van der Waals surface area contributed by atoms with Gasteiger partial charge in [-0.2, -0.15) is 5.10 Å². The highest BCUT2D eigenvalue weighted by Gasteiger charge is 2.24. The number of nitrogens with one attached hydrogen (secondary N) is 2. The van der Waals surface area contributed by atoms with Crippen LogP contribution in [-0.2, 0) is 4.79 Å². The topological polar surface area (TPSA) is 104 Å². The van der Waals surface area contributed by atoms with Gasteiger partial charge in [-0.05, 0) is 67.6 Å². The summed E-state index contributed by atoms with van der Waals surface area (Å²) in [6.07, 6.45) is 3.74. The molecule has 7 nitrogen and oxygen atoms in total. The molecule has 29 heavy (non-hydrogen) atoms. The number of rotatable bonds is 6. The van der Waals surface area contributed by atoms with Crippen LogP contribution in [0.5, 0.6) is 0 Å². The summed E-state index contributed by atoms with van der Waals surface area (Å²) in [6.45, 7) is 3.56. The zero-order chi connectivity index (χ0) is 20.5. The lowest BCUT2D eigenvalue weighted by molar-refractivity contribution is -0.137. The van der Waals surface area contributed by atoms with Crippen LogP contribution >= 0.6 is 0 Å². The second kappa shape index (κ2) is 7.50. The van der Waals surface area contributed by atoms with Crippen LogP contribution in [-0.4, -0.2) is 39.3 Å². The van der Waals surface area contributed by atoms with E-state index in [0.29, 0.717) is 17.4 Å². The predicted octanol–water partition coefficient (Wildman–Crippen LogP) is 3.38. The van der Waals surface area contributed by atoms with Gasteiger partial charge in [-0.15, -0.1) is 5.10 Å². The largest absolute Gasteiger partial charge is 0.480 e. The molecule has 1 aliphatic carbocycles. The Balaban J connectivity index is 1.69. The van der Waals surface area contributed by atoms with Crippen molar-refractivity contribution in [1.82, 2.24) is 15.5 Å². The van der Waals surface area contributed by atoms with Gasteiger partial charge in [0.1, 0.15) is 6.04 Å². The molecule has 0 bridgehead atoms. The van der Waals surface area contributed by atoms with E-state index in [-0.39, 0.29) is 5.91 Å². The van der Waals surface area contributed by atoms with Crippen molar-refractivity contribution in [2.45, 2.75) is 38.8 Å². The number of aliphatic carboxylic acids is 1. The molecule has 3 aromatic rings. The summed E-state index contributed by atoms with van der Waals surface area (Å²) in [5, 5.41) is 24.7. The van der Waals surface area contributed by atoms with Crippen molar-refractivity contribution in [3.8, 4) is 11.1 Å². The summed E-state index contributed by atoms with van der Waals surface area (Å²) in [7, 11) is 0. The fourth-order valence-corrected chi connectivity index (χ4v) is 3.20. The molecule has 7 heteroatoms. The summed E-state index contributed by atoms with van der Waals surface area (Å²) in [5.41, 5.74) is 3.64. The molecule has 3 N–H and O–H groups in total. The lowest BCUT2D eigenvalue weighted by Crippen LogP contribution is -2.26. The van der Waals surface area contributed by atoms with Crippen LogP contribution < -0.4 is 10.6 Å². The first-order chi connectivity index (χ1) is 13.9. The number of carboxylic acids is 1. The summed E-state index contributed by atoms with van der Waals surface area (Å²) >= 11 is 0. The molecular formula is C22H22N4O3. The lowest BCUT2D eigenvalue weighted by atomic mass is 9.96. The van der Waals surface area contributed by atoms with Crippen LogP contribution in [0.2, 0.25) is 0 Å². The highest BCUT2D eigenvalue weighted by molar-refractivity contribution is 5.98. The molecule has 0 unspecified atom stereocenters. The molecule has 1 aliphatic rings. The molecule has 1 saturated carbocycles. The summed E-state index contributed by atoms with van der Waals surface area (Å²) in [4.78, 5) is 23.5. The number of aryl methyl sites for hydroxylation is 1. The number of fused-ring (bicyclic) bond motifs is 1. The molecule has 0 saturated heterocycles. The van der Waals surface area contributed by atoms with E-state index in [2.05, 4.69) is 20.8 Å². The van der Waals surface area contributed by atoms with Crippen molar-refractivity contribution in [2.24, 2.45) is 0 Å². The number of carbonyl (C=O) groups is 2. The van der Waals surface area contributed by atoms with E-state index in [1.54, 1.807) is 13.1 Å². The van der Waals surface area contributed by atoms with Crippen molar-refractivity contribution in [2.75, 3.05) is 5.32 Å². The van der Waals surface area contributed by atoms with Crippen LogP contribution in [0.15, 0.2) is 42.6 Å². The number of hydrogen-bond donors (Lipinski definition) is 3. The molecule has 2 aromatic carbocycles. The third-order valence-corrected chi connectivity index (χ3v) is 5.11. The van der Waals surface area contributed by atoms with E-state index in [1.165, 1.54) is 0 Å². The lowest BCUT2D eigenvalue weighted by Gasteiger charge is -2.13. The SMILES string of the molecule is Cc1ccc(C(=O)NC2CC2)cc1-c1ccc2c(N[C@@H](C)C(=O)O)nncc2c1. The normalized spacial score (nSPS) is 14.4. The highest BCUT2D eigenvalue weighted by Crippen LogP contribution is 2.30. The van der Waals surface area contributed by atoms with Crippen LogP contribution in [0, 0.1) is 6.92 Å². The zero-order valence-corrected chi connectivity index (χ0v) is 16.3. The number of amides is 1. The minimum Gasteiger partial charge on any atom is -0.480 e. The van der Waals surface area contributed by atoms with Gasteiger partial charge >= 0.3 is 5.97 Å². The van der Waals surface area contributed by atoms with E-state index in [1.807, 2.05) is 43.3 Å². The number of nitrogens with zero attached hydrogens (tertiary/aromatic N) is 2. The van der Waals surface area contributed by atoms with Crippen molar-refractivity contribution in [1.29, 1.82) is 0 Å². The van der Waals surface area contributed by atoms with E-state index < -0.39 is 12.0 Å².